The average molecular weight is 454 g/mol. The Morgan fingerprint density at radius 3 is 2.52 bits per heavy atom. The number of rotatable bonds is 7. The van der Waals surface area contributed by atoms with Crippen molar-refractivity contribution in [2.24, 2.45) is 5.73 Å². The third-order valence-corrected chi connectivity index (χ3v) is 6.84. The van der Waals surface area contributed by atoms with Gasteiger partial charge in [-0.2, -0.15) is 0 Å². The minimum Gasteiger partial charge on any atom is -0.489 e. The van der Waals surface area contributed by atoms with E-state index < -0.39 is 0 Å². The van der Waals surface area contributed by atoms with E-state index in [0.717, 1.165) is 16.9 Å². The van der Waals surface area contributed by atoms with E-state index in [1.165, 1.54) is 31.7 Å². The van der Waals surface area contributed by atoms with Crippen molar-refractivity contribution in [2.45, 2.75) is 39.7 Å². The molecule has 4 rings (SSSR count). The highest BCUT2D eigenvalue weighted by Gasteiger charge is 2.14. The largest absolute Gasteiger partial charge is 0.489 e. The fraction of sp³-hybridized carbons (Fsp3) is 0.207. The summed E-state index contributed by atoms with van der Waals surface area (Å²) in [4.78, 5) is 12.7. The predicted octanol–water partition coefficient (Wildman–Crippen LogP) is 6.75. The molecule has 3 nitrogen and oxygen atoms in total. The molecule has 166 valence electrons. The Kier molecular flexibility index (Phi) is 6.82. The number of aryl methyl sites for hydroxylation is 2. The second-order valence-electron chi connectivity index (χ2n) is 8.15. The van der Waals surface area contributed by atoms with E-state index in [4.69, 9.17) is 10.5 Å². The fourth-order valence-corrected chi connectivity index (χ4v) is 5.19. The Morgan fingerprint density at radius 1 is 1.06 bits per heavy atom. The topological polar surface area (TPSA) is 52.3 Å². The first kappa shape index (κ1) is 22.6. The summed E-state index contributed by atoms with van der Waals surface area (Å²) in [6.45, 7) is 6.60. The van der Waals surface area contributed by atoms with Crippen molar-refractivity contribution < 1.29 is 9.53 Å². The van der Waals surface area contributed by atoms with Crippen LogP contribution in [0.25, 0.3) is 21.2 Å². The maximum atomic E-state index is 11.3. The monoisotopic (exact) mass is 453 g/mol. The van der Waals surface area contributed by atoms with Crippen LogP contribution in [-0.4, -0.2) is 5.91 Å². The summed E-state index contributed by atoms with van der Waals surface area (Å²) in [7, 11) is 0. The number of benzene rings is 3. The Morgan fingerprint density at radius 2 is 1.82 bits per heavy atom. The van der Waals surface area contributed by atoms with Gasteiger partial charge in [0.2, 0.25) is 5.91 Å². The third-order valence-electron chi connectivity index (χ3n) is 5.75. The van der Waals surface area contributed by atoms with Crippen LogP contribution in [0, 0.1) is 25.7 Å². The quantitative estimate of drug-likeness (QED) is 0.315. The molecule has 0 fully saturated rings. The van der Waals surface area contributed by atoms with Crippen LogP contribution in [0.5, 0.6) is 5.75 Å². The lowest BCUT2D eigenvalue weighted by molar-refractivity contribution is -0.118. The minimum absolute atomic E-state index is 0.189. The van der Waals surface area contributed by atoms with E-state index in [9.17, 15) is 4.79 Å². The van der Waals surface area contributed by atoms with Gasteiger partial charge in [-0.15, -0.1) is 17.3 Å². The Balaban J connectivity index is 1.54. The molecule has 3 aromatic carbocycles. The van der Waals surface area contributed by atoms with E-state index in [2.05, 4.69) is 68.2 Å². The van der Waals surface area contributed by atoms with Gasteiger partial charge in [-0.25, -0.2) is 0 Å². The first-order valence-corrected chi connectivity index (χ1v) is 11.8. The molecule has 1 atom stereocenters. The Labute approximate surface area is 199 Å². The number of fused-ring (bicyclic) bond motifs is 1. The third kappa shape index (κ3) is 5.10. The number of thiophene rings is 1. The molecule has 0 aliphatic heterocycles. The van der Waals surface area contributed by atoms with Gasteiger partial charge in [-0.3, -0.25) is 4.79 Å². The van der Waals surface area contributed by atoms with E-state index >= 15 is 0 Å². The molecule has 0 saturated heterocycles. The van der Waals surface area contributed by atoms with Crippen LogP contribution in [0.15, 0.2) is 66.7 Å². The second kappa shape index (κ2) is 9.94. The van der Waals surface area contributed by atoms with Gasteiger partial charge < -0.3 is 10.5 Å². The average Bonchev–Trinajstić information content (AvgIpc) is 3.13. The molecular weight excluding hydrogens is 426 g/mol. The van der Waals surface area contributed by atoms with E-state index in [-0.39, 0.29) is 18.2 Å². The minimum atomic E-state index is -0.354. The maximum absolute atomic E-state index is 11.3. The summed E-state index contributed by atoms with van der Waals surface area (Å²) in [6.07, 6.45) is 0.213. The number of nitrogens with two attached hydrogens (primary N) is 1. The molecule has 0 saturated carbocycles. The van der Waals surface area contributed by atoms with Crippen molar-refractivity contribution in [2.75, 3.05) is 0 Å². The number of hydrogen-bond donors (Lipinski definition) is 1. The molecule has 0 radical (unpaired) electrons. The molecular formula is C29H27NO2S. The number of hydrogen-bond acceptors (Lipinski definition) is 3. The van der Waals surface area contributed by atoms with E-state index in [0.29, 0.717) is 6.61 Å². The lowest BCUT2D eigenvalue weighted by Crippen LogP contribution is -2.14. The molecule has 0 bridgehead atoms. The zero-order chi connectivity index (χ0) is 23.4. The van der Waals surface area contributed by atoms with Crippen molar-refractivity contribution >= 4 is 27.3 Å². The molecule has 1 amide bonds. The van der Waals surface area contributed by atoms with Gasteiger partial charge in [0.15, 0.2) is 0 Å². The van der Waals surface area contributed by atoms with Crippen LogP contribution >= 0.6 is 11.3 Å². The van der Waals surface area contributed by atoms with Gasteiger partial charge in [0.25, 0.3) is 0 Å². The number of ether oxygens (including phenoxy) is 1. The summed E-state index contributed by atoms with van der Waals surface area (Å²) < 4.78 is 7.36. The summed E-state index contributed by atoms with van der Waals surface area (Å²) in [6, 6.07) is 22.9. The number of amides is 1. The smallest absolute Gasteiger partial charge is 0.219 e. The van der Waals surface area contributed by atoms with Crippen LogP contribution in [0.3, 0.4) is 0 Å². The molecule has 1 aromatic heterocycles. The van der Waals surface area contributed by atoms with E-state index in [1.807, 2.05) is 35.6 Å². The SMILES string of the molecule is CC#C[C@@H](CC(N)=O)c1ccc(OCc2ccc3sc(C)c(-c4ccccc4C)c3c2)cc1. The number of primary amides is 1. The molecule has 0 aliphatic carbocycles. The molecule has 33 heavy (non-hydrogen) atoms. The van der Waals surface area contributed by atoms with Crippen LogP contribution in [0.4, 0.5) is 0 Å². The van der Waals surface area contributed by atoms with Gasteiger partial charge in [0, 0.05) is 26.9 Å². The first-order chi connectivity index (χ1) is 16.0. The fourth-order valence-electron chi connectivity index (χ4n) is 4.14. The van der Waals surface area contributed by atoms with Gasteiger partial charge in [0.1, 0.15) is 12.4 Å². The molecule has 4 aromatic rings. The van der Waals surface area contributed by atoms with Crippen LogP contribution < -0.4 is 10.5 Å². The van der Waals surface area contributed by atoms with E-state index in [1.54, 1.807) is 6.92 Å². The van der Waals surface area contributed by atoms with Crippen molar-refractivity contribution in [1.29, 1.82) is 0 Å². The molecule has 0 aliphatic rings. The van der Waals surface area contributed by atoms with Gasteiger partial charge in [0.05, 0.1) is 5.92 Å². The molecule has 1 heterocycles. The molecule has 0 unspecified atom stereocenters. The van der Waals surface area contributed by atoms with Crippen molar-refractivity contribution in [3.8, 4) is 28.7 Å². The molecule has 2 N–H and O–H groups in total. The van der Waals surface area contributed by atoms with Crippen molar-refractivity contribution in [3.63, 3.8) is 0 Å². The number of carbonyl (C=O) groups excluding carboxylic acids is 1. The first-order valence-electron chi connectivity index (χ1n) is 11.0. The second-order valence-corrected chi connectivity index (χ2v) is 9.41. The van der Waals surface area contributed by atoms with Crippen LogP contribution in [-0.2, 0) is 11.4 Å². The highest BCUT2D eigenvalue weighted by atomic mass is 32.1. The molecule has 0 spiro atoms. The van der Waals surface area contributed by atoms with Gasteiger partial charge in [-0.1, -0.05) is 48.4 Å². The zero-order valence-electron chi connectivity index (χ0n) is 19.1. The summed E-state index contributed by atoms with van der Waals surface area (Å²) in [5, 5.41) is 1.27. The lowest BCUT2D eigenvalue weighted by atomic mass is 9.96. The highest BCUT2D eigenvalue weighted by molar-refractivity contribution is 7.19. The summed E-state index contributed by atoms with van der Waals surface area (Å²) >= 11 is 1.83. The van der Waals surface area contributed by atoms with Crippen molar-refractivity contribution in [1.82, 2.24) is 0 Å². The predicted molar refractivity (Wildman–Crippen MR) is 138 cm³/mol. The standard InChI is InChI=1S/C29H27NO2S/c1-4-7-23(17-28(30)31)22-11-13-24(14-12-22)32-18-21-10-15-27-26(16-21)29(20(3)33-27)25-9-6-5-8-19(25)2/h5-6,8-16,23H,17-18H2,1-3H3,(H2,30,31)/t23-/m0/s1. The highest BCUT2D eigenvalue weighted by Crippen LogP contribution is 2.40. The Hall–Kier alpha value is -3.55. The maximum Gasteiger partial charge on any atom is 0.219 e. The lowest BCUT2D eigenvalue weighted by Gasteiger charge is -2.11. The zero-order valence-corrected chi connectivity index (χ0v) is 20.0. The Bertz CT molecular complexity index is 1360. The molecule has 4 heteroatoms. The van der Waals surface area contributed by atoms with Crippen LogP contribution in [0.1, 0.15) is 40.8 Å². The van der Waals surface area contributed by atoms with Crippen molar-refractivity contribution in [3.05, 3.63) is 88.3 Å². The summed E-state index contributed by atoms with van der Waals surface area (Å²) in [5.74, 6) is 6.18. The van der Waals surface area contributed by atoms with Crippen LogP contribution in [0.2, 0.25) is 0 Å². The van der Waals surface area contributed by atoms with Gasteiger partial charge >= 0.3 is 0 Å². The van der Waals surface area contributed by atoms with Gasteiger partial charge in [-0.05, 0) is 67.3 Å². The number of carbonyl (C=O) groups is 1. The normalized spacial score (nSPS) is 11.6. The summed E-state index contributed by atoms with van der Waals surface area (Å²) in [5.41, 5.74) is 11.3.